The minimum absolute atomic E-state index is 0.0964. The molecule has 0 radical (unpaired) electrons. The van der Waals surface area contributed by atoms with Gasteiger partial charge in [-0.1, -0.05) is 38.1 Å². The van der Waals surface area contributed by atoms with Crippen LogP contribution in [0.1, 0.15) is 31.4 Å². The second-order valence-electron chi connectivity index (χ2n) is 5.16. The van der Waals surface area contributed by atoms with Gasteiger partial charge in [-0.05, 0) is 23.5 Å². The van der Waals surface area contributed by atoms with Gasteiger partial charge >= 0.3 is 0 Å². The quantitative estimate of drug-likeness (QED) is 0.789. The fourth-order valence-corrected chi connectivity index (χ4v) is 1.95. The number of nitrogens with two attached hydrogens (primary N) is 1. The molecule has 0 aliphatic rings. The Balaban J connectivity index is 2.54. The molecule has 1 aromatic rings. The summed E-state index contributed by atoms with van der Waals surface area (Å²) >= 11 is 0. The van der Waals surface area contributed by atoms with E-state index in [1.165, 1.54) is 0 Å². The van der Waals surface area contributed by atoms with Gasteiger partial charge in [0.1, 0.15) is 0 Å². The SMILES string of the molecule is COCc1ccccc1CNC(=O)C(N)CC(C)C. The molecule has 0 aromatic heterocycles. The lowest BCUT2D eigenvalue weighted by Crippen LogP contribution is -2.41. The third-order valence-electron chi connectivity index (χ3n) is 2.93. The molecule has 3 N–H and O–H groups in total. The lowest BCUT2D eigenvalue weighted by Gasteiger charge is -2.15. The molecule has 0 saturated heterocycles. The highest BCUT2D eigenvalue weighted by molar-refractivity contribution is 5.81. The molecule has 0 aliphatic heterocycles. The summed E-state index contributed by atoms with van der Waals surface area (Å²) in [5.41, 5.74) is 7.99. The molecule has 1 atom stereocenters. The van der Waals surface area contributed by atoms with Crippen molar-refractivity contribution in [2.75, 3.05) is 7.11 Å². The van der Waals surface area contributed by atoms with Crippen molar-refractivity contribution in [3.8, 4) is 0 Å². The first-order valence-electron chi connectivity index (χ1n) is 6.63. The van der Waals surface area contributed by atoms with Crippen molar-refractivity contribution in [2.45, 2.75) is 39.5 Å². The average molecular weight is 264 g/mol. The average Bonchev–Trinajstić information content (AvgIpc) is 2.37. The van der Waals surface area contributed by atoms with Crippen LogP contribution in [-0.4, -0.2) is 19.1 Å². The number of carbonyl (C=O) groups excluding carboxylic acids is 1. The maximum absolute atomic E-state index is 11.9. The van der Waals surface area contributed by atoms with Crippen LogP contribution in [0, 0.1) is 5.92 Å². The standard InChI is InChI=1S/C15H24N2O2/c1-11(2)8-14(16)15(18)17-9-12-6-4-5-7-13(12)10-19-3/h4-7,11,14H,8-10,16H2,1-3H3,(H,17,18). The van der Waals surface area contributed by atoms with Gasteiger partial charge in [0, 0.05) is 13.7 Å². The van der Waals surface area contributed by atoms with E-state index >= 15 is 0 Å². The first-order valence-corrected chi connectivity index (χ1v) is 6.63. The molecular weight excluding hydrogens is 240 g/mol. The van der Waals surface area contributed by atoms with Crippen molar-refractivity contribution in [2.24, 2.45) is 11.7 Å². The largest absolute Gasteiger partial charge is 0.380 e. The van der Waals surface area contributed by atoms with Gasteiger partial charge in [0.15, 0.2) is 0 Å². The van der Waals surface area contributed by atoms with Crippen molar-refractivity contribution >= 4 is 5.91 Å². The van der Waals surface area contributed by atoms with Gasteiger partial charge in [-0.15, -0.1) is 0 Å². The van der Waals surface area contributed by atoms with Gasteiger partial charge in [-0.25, -0.2) is 0 Å². The number of rotatable bonds is 7. The van der Waals surface area contributed by atoms with Gasteiger partial charge in [0.2, 0.25) is 5.91 Å². The Morgan fingerprint density at radius 2 is 1.95 bits per heavy atom. The monoisotopic (exact) mass is 264 g/mol. The molecule has 1 aromatic carbocycles. The summed E-state index contributed by atoms with van der Waals surface area (Å²) in [6, 6.07) is 7.47. The maximum atomic E-state index is 11.9. The van der Waals surface area contributed by atoms with Gasteiger partial charge in [-0.3, -0.25) is 4.79 Å². The topological polar surface area (TPSA) is 64.3 Å². The summed E-state index contributed by atoms with van der Waals surface area (Å²) in [6.07, 6.45) is 0.700. The Hall–Kier alpha value is -1.39. The number of amides is 1. The highest BCUT2D eigenvalue weighted by Crippen LogP contribution is 2.10. The molecule has 1 unspecified atom stereocenters. The zero-order chi connectivity index (χ0) is 14.3. The normalized spacial score (nSPS) is 12.5. The molecular formula is C15H24N2O2. The van der Waals surface area contributed by atoms with E-state index < -0.39 is 6.04 Å². The number of ether oxygens (including phenoxy) is 1. The Kier molecular flexibility index (Phi) is 6.53. The Morgan fingerprint density at radius 1 is 1.32 bits per heavy atom. The van der Waals surface area contributed by atoms with E-state index in [4.69, 9.17) is 10.5 Å². The Bertz CT molecular complexity index is 405. The minimum Gasteiger partial charge on any atom is -0.380 e. The highest BCUT2D eigenvalue weighted by atomic mass is 16.5. The molecule has 0 fully saturated rings. The molecule has 0 aliphatic carbocycles. The lowest BCUT2D eigenvalue weighted by atomic mass is 10.0. The van der Waals surface area contributed by atoms with Crippen LogP contribution >= 0.6 is 0 Å². The summed E-state index contributed by atoms with van der Waals surface area (Å²) < 4.78 is 5.14. The fraction of sp³-hybridized carbons (Fsp3) is 0.533. The maximum Gasteiger partial charge on any atom is 0.237 e. The van der Waals surface area contributed by atoms with Gasteiger partial charge in [0.05, 0.1) is 12.6 Å². The van der Waals surface area contributed by atoms with E-state index in [0.717, 1.165) is 11.1 Å². The van der Waals surface area contributed by atoms with E-state index in [-0.39, 0.29) is 5.91 Å². The predicted molar refractivity (Wildman–Crippen MR) is 76.4 cm³/mol. The summed E-state index contributed by atoms with van der Waals surface area (Å²) in [5, 5.41) is 2.88. The van der Waals surface area contributed by atoms with Crippen molar-refractivity contribution in [1.29, 1.82) is 0 Å². The number of hydrogen-bond donors (Lipinski definition) is 2. The first kappa shape index (κ1) is 15.7. The van der Waals surface area contributed by atoms with Crippen molar-refractivity contribution in [3.63, 3.8) is 0 Å². The molecule has 19 heavy (non-hydrogen) atoms. The number of nitrogens with one attached hydrogen (secondary N) is 1. The third kappa shape index (κ3) is 5.41. The molecule has 4 nitrogen and oxygen atoms in total. The molecule has 106 valence electrons. The summed E-state index contributed by atoms with van der Waals surface area (Å²) in [6.45, 7) is 5.15. The van der Waals surface area contributed by atoms with Crippen LogP contribution in [0.2, 0.25) is 0 Å². The Labute approximate surface area is 115 Å². The van der Waals surface area contributed by atoms with Crippen LogP contribution in [0.4, 0.5) is 0 Å². The van der Waals surface area contributed by atoms with E-state index in [2.05, 4.69) is 19.2 Å². The fourth-order valence-electron chi connectivity index (χ4n) is 1.95. The third-order valence-corrected chi connectivity index (χ3v) is 2.93. The number of benzene rings is 1. The summed E-state index contributed by atoms with van der Waals surface area (Å²) in [7, 11) is 1.66. The van der Waals surface area contributed by atoms with Crippen LogP contribution in [0.5, 0.6) is 0 Å². The van der Waals surface area contributed by atoms with Crippen LogP contribution in [0.25, 0.3) is 0 Å². The highest BCUT2D eigenvalue weighted by Gasteiger charge is 2.14. The molecule has 4 heteroatoms. The molecule has 0 bridgehead atoms. The van der Waals surface area contributed by atoms with Gasteiger partial charge < -0.3 is 15.8 Å². The predicted octanol–water partition coefficient (Wildman–Crippen LogP) is 1.82. The molecule has 0 spiro atoms. The van der Waals surface area contributed by atoms with Crippen LogP contribution < -0.4 is 11.1 Å². The van der Waals surface area contributed by atoms with E-state index in [1.807, 2.05) is 24.3 Å². The first-order chi connectivity index (χ1) is 9.04. The molecule has 0 heterocycles. The van der Waals surface area contributed by atoms with E-state index in [1.54, 1.807) is 7.11 Å². The van der Waals surface area contributed by atoms with Crippen LogP contribution in [0.15, 0.2) is 24.3 Å². The van der Waals surface area contributed by atoms with E-state index in [0.29, 0.717) is 25.5 Å². The molecule has 0 saturated carbocycles. The minimum atomic E-state index is -0.436. The molecule has 1 amide bonds. The Morgan fingerprint density at radius 3 is 2.53 bits per heavy atom. The van der Waals surface area contributed by atoms with Crippen LogP contribution in [0.3, 0.4) is 0 Å². The molecule has 1 rings (SSSR count). The zero-order valence-corrected chi connectivity index (χ0v) is 12.0. The van der Waals surface area contributed by atoms with Crippen molar-refractivity contribution in [3.05, 3.63) is 35.4 Å². The summed E-state index contributed by atoms with van der Waals surface area (Å²) in [5.74, 6) is 0.322. The lowest BCUT2D eigenvalue weighted by molar-refractivity contribution is -0.122. The zero-order valence-electron chi connectivity index (χ0n) is 12.0. The number of hydrogen-bond acceptors (Lipinski definition) is 3. The number of carbonyl (C=O) groups is 1. The van der Waals surface area contributed by atoms with Crippen molar-refractivity contribution in [1.82, 2.24) is 5.32 Å². The number of methoxy groups -OCH3 is 1. The second kappa shape index (κ2) is 7.92. The van der Waals surface area contributed by atoms with Crippen LogP contribution in [-0.2, 0) is 22.7 Å². The van der Waals surface area contributed by atoms with Gasteiger partial charge in [0.25, 0.3) is 0 Å². The van der Waals surface area contributed by atoms with Crippen molar-refractivity contribution < 1.29 is 9.53 Å². The smallest absolute Gasteiger partial charge is 0.237 e. The summed E-state index contributed by atoms with van der Waals surface area (Å²) in [4.78, 5) is 11.9. The van der Waals surface area contributed by atoms with Gasteiger partial charge in [-0.2, -0.15) is 0 Å². The van der Waals surface area contributed by atoms with E-state index in [9.17, 15) is 4.79 Å². The second-order valence-corrected chi connectivity index (χ2v) is 5.16.